The van der Waals surface area contributed by atoms with Gasteiger partial charge in [0.25, 0.3) is 0 Å². The smallest absolute Gasteiger partial charge is 0.166 e. The molecule has 0 radical (unpaired) electrons. The Bertz CT molecular complexity index is 505. The van der Waals surface area contributed by atoms with Gasteiger partial charge in [-0.15, -0.1) is 0 Å². The van der Waals surface area contributed by atoms with Crippen molar-refractivity contribution in [3.05, 3.63) is 29.8 Å². The number of para-hydroxylation sites is 1. The summed E-state index contributed by atoms with van der Waals surface area (Å²) in [7, 11) is -2.96. The summed E-state index contributed by atoms with van der Waals surface area (Å²) in [6.07, 6.45) is 2.04. The number of rotatable bonds is 7. The first-order valence-electron chi connectivity index (χ1n) is 5.87. The monoisotopic (exact) mass is 270 g/mol. The molecular weight excluding hydrogens is 252 g/mol. The van der Waals surface area contributed by atoms with Gasteiger partial charge in [-0.2, -0.15) is 0 Å². The van der Waals surface area contributed by atoms with Crippen LogP contribution in [0.15, 0.2) is 24.3 Å². The molecule has 0 aliphatic heterocycles. The SMILES string of the molecule is CCC(=O)c1ccccc1OCCCS(C)(=O)=O. The van der Waals surface area contributed by atoms with E-state index in [1.807, 2.05) is 0 Å². The van der Waals surface area contributed by atoms with Crippen molar-refractivity contribution in [3.8, 4) is 5.75 Å². The number of carbonyl (C=O) groups is 1. The Balaban J connectivity index is 2.60. The second-order valence-corrected chi connectivity index (χ2v) is 6.36. The number of hydrogen-bond donors (Lipinski definition) is 0. The van der Waals surface area contributed by atoms with Crippen molar-refractivity contribution < 1.29 is 17.9 Å². The lowest BCUT2D eigenvalue weighted by atomic mass is 10.1. The first-order chi connectivity index (χ1) is 8.44. The third-order valence-electron chi connectivity index (χ3n) is 2.43. The summed E-state index contributed by atoms with van der Waals surface area (Å²) < 4.78 is 27.4. The largest absolute Gasteiger partial charge is 0.493 e. The molecule has 100 valence electrons. The van der Waals surface area contributed by atoms with Gasteiger partial charge in [0.15, 0.2) is 5.78 Å². The van der Waals surface area contributed by atoms with Crippen molar-refractivity contribution in [3.63, 3.8) is 0 Å². The molecule has 5 heteroatoms. The zero-order chi connectivity index (χ0) is 13.6. The van der Waals surface area contributed by atoms with Gasteiger partial charge in [0.05, 0.1) is 17.9 Å². The second-order valence-electron chi connectivity index (χ2n) is 4.10. The summed E-state index contributed by atoms with van der Waals surface area (Å²) in [5.41, 5.74) is 0.555. The molecule has 0 fully saturated rings. The van der Waals surface area contributed by atoms with E-state index < -0.39 is 9.84 Å². The van der Waals surface area contributed by atoms with Gasteiger partial charge in [-0.3, -0.25) is 4.79 Å². The van der Waals surface area contributed by atoms with E-state index in [0.717, 1.165) is 0 Å². The first-order valence-corrected chi connectivity index (χ1v) is 7.93. The molecule has 0 saturated carbocycles. The molecule has 0 aliphatic carbocycles. The van der Waals surface area contributed by atoms with Crippen molar-refractivity contribution in [1.82, 2.24) is 0 Å². The average Bonchev–Trinajstić information content (AvgIpc) is 2.33. The van der Waals surface area contributed by atoms with Gasteiger partial charge >= 0.3 is 0 Å². The summed E-state index contributed by atoms with van der Waals surface area (Å²) in [6, 6.07) is 7.02. The molecule has 0 aliphatic rings. The van der Waals surface area contributed by atoms with E-state index in [1.54, 1.807) is 31.2 Å². The highest BCUT2D eigenvalue weighted by atomic mass is 32.2. The molecule has 0 aromatic heterocycles. The lowest BCUT2D eigenvalue weighted by molar-refractivity contribution is 0.0984. The zero-order valence-electron chi connectivity index (χ0n) is 10.7. The van der Waals surface area contributed by atoms with Gasteiger partial charge in [0, 0.05) is 12.7 Å². The summed E-state index contributed by atoms with van der Waals surface area (Å²) >= 11 is 0. The highest BCUT2D eigenvalue weighted by Gasteiger charge is 2.10. The van der Waals surface area contributed by atoms with Crippen LogP contribution < -0.4 is 4.74 Å². The van der Waals surface area contributed by atoms with E-state index >= 15 is 0 Å². The topological polar surface area (TPSA) is 60.4 Å². The molecule has 0 N–H and O–H groups in total. The zero-order valence-corrected chi connectivity index (χ0v) is 11.5. The molecule has 1 aromatic rings. The van der Waals surface area contributed by atoms with Crippen molar-refractivity contribution in [2.45, 2.75) is 19.8 Å². The quantitative estimate of drug-likeness (QED) is 0.562. The molecule has 4 nitrogen and oxygen atoms in total. The molecule has 0 spiro atoms. The van der Waals surface area contributed by atoms with E-state index in [4.69, 9.17) is 4.74 Å². The minimum atomic E-state index is -2.96. The number of carbonyl (C=O) groups excluding carboxylic acids is 1. The lowest BCUT2D eigenvalue weighted by Crippen LogP contribution is -2.09. The molecular formula is C13H18O4S. The second kappa shape index (κ2) is 6.54. The van der Waals surface area contributed by atoms with Crippen LogP contribution in [0.4, 0.5) is 0 Å². The highest BCUT2D eigenvalue weighted by molar-refractivity contribution is 7.90. The van der Waals surface area contributed by atoms with Gasteiger partial charge in [0.1, 0.15) is 15.6 Å². The average molecular weight is 270 g/mol. The molecule has 0 saturated heterocycles. The van der Waals surface area contributed by atoms with Gasteiger partial charge in [0.2, 0.25) is 0 Å². The van der Waals surface area contributed by atoms with Crippen molar-refractivity contribution in [1.29, 1.82) is 0 Å². The van der Waals surface area contributed by atoms with Crippen LogP contribution >= 0.6 is 0 Å². The Morgan fingerprint density at radius 1 is 1.28 bits per heavy atom. The Kier molecular flexibility index (Phi) is 5.34. The third kappa shape index (κ3) is 4.87. The highest BCUT2D eigenvalue weighted by Crippen LogP contribution is 2.19. The van der Waals surface area contributed by atoms with E-state index in [0.29, 0.717) is 30.8 Å². The van der Waals surface area contributed by atoms with Crippen LogP contribution in [-0.4, -0.2) is 32.8 Å². The molecule has 0 bridgehead atoms. The maximum atomic E-state index is 11.7. The first kappa shape index (κ1) is 14.7. The van der Waals surface area contributed by atoms with Crippen LogP contribution in [0.1, 0.15) is 30.1 Å². The summed E-state index contributed by atoms with van der Waals surface area (Å²) in [4.78, 5) is 11.7. The van der Waals surface area contributed by atoms with Gasteiger partial charge in [-0.25, -0.2) is 8.42 Å². The standard InChI is InChI=1S/C13H18O4S/c1-3-12(14)11-7-4-5-8-13(11)17-9-6-10-18(2,15)16/h4-5,7-8H,3,6,9-10H2,1-2H3. The van der Waals surface area contributed by atoms with Crippen molar-refractivity contribution in [2.75, 3.05) is 18.6 Å². The van der Waals surface area contributed by atoms with Crippen LogP contribution in [0.5, 0.6) is 5.75 Å². The number of ketones is 1. The van der Waals surface area contributed by atoms with Crippen LogP contribution in [0, 0.1) is 0 Å². The Hall–Kier alpha value is -1.36. The number of Topliss-reactive ketones (excluding diaryl/α,β-unsaturated/α-hetero) is 1. The number of sulfone groups is 1. The molecule has 1 aromatic carbocycles. The van der Waals surface area contributed by atoms with Crippen molar-refractivity contribution >= 4 is 15.6 Å². The summed E-state index contributed by atoms with van der Waals surface area (Å²) in [5, 5.41) is 0. The number of ether oxygens (including phenoxy) is 1. The molecule has 0 heterocycles. The fourth-order valence-electron chi connectivity index (χ4n) is 1.52. The van der Waals surface area contributed by atoms with E-state index in [2.05, 4.69) is 0 Å². The molecule has 0 unspecified atom stereocenters. The fourth-order valence-corrected chi connectivity index (χ4v) is 2.16. The third-order valence-corrected chi connectivity index (χ3v) is 3.46. The maximum absolute atomic E-state index is 11.7. The Morgan fingerprint density at radius 3 is 2.56 bits per heavy atom. The van der Waals surface area contributed by atoms with Gasteiger partial charge in [-0.1, -0.05) is 19.1 Å². The number of hydrogen-bond acceptors (Lipinski definition) is 4. The minimum absolute atomic E-state index is 0.0220. The molecule has 0 amide bonds. The van der Waals surface area contributed by atoms with E-state index in [-0.39, 0.29) is 11.5 Å². The summed E-state index contributed by atoms with van der Waals surface area (Å²) in [5.74, 6) is 0.642. The summed E-state index contributed by atoms with van der Waals surface area (Å²) in [6.45, 7) is 2.09. The minimum Gasteiger partial charge on any atom is -0.493 e. The van der Waals surface area contributed by atoms with E-state index in [1.165, 1.54) is 6.26 Å². The fraction of sp³-hybridized carbons (Fsp3) is 0.462. The predicted molar refractivity (Wildman–Crippen MR) is 70.9 cm³/mol. The van der Waals surface area contributed by atoms with Gasteiger partial charge in [-0.05, 0) is 18.6 Å². The van der Waals surface area contributed by atoms with Gasteiger partial charge < -0.3 is 4.74 Å². The molecule has 0 atom stereocenters. The molecule has 1 rings (SSSR count). The van der Waals surface area contributed by atoms with Crippen LogP contribution in [0.3, 0.4) is 0 Å². The Morgan fingerprint density at radius 2 is 1.94 bits per heavy atom. The maximum Gasteiger partial charge on any atom is 0.166 e. The predicted octanol–water partition coefficient (Wildman–Crippen LogP) is 2.09. The van der Waals surface area contributed by atoms with Crippen LogP contribution in [0.2, 0.25) is 0 Å². The van der Waals surface area contributed by atoms with Crippen LogP contribution in [-0.2, 0) is 9.84 Å². The molecule has 18 heavy (non-hydrogen) atoms. The van der Waals surface area contributed by atoms with Crippen molar-refractivity contribution in [2.24, 2.45) is 0 Å². The van der Waals surface area contributed by atoms with Crippen LogP contribution in [0.25, 0.3) is 0 Å². The lowest BCUT2D eigenvalue weighted by Gasteiger charge is -2.09. The normalized spacial score (nSPS) is 11.2. The Labute approximate surface area is 108 Å². The number of benzene rings is 1. The van der Waals surface area contributed by atoms with E-state index in [9.17, 15) is 13.2 Å².